The van der Waals surface area contributed by atoms with E-state index in [0.29, 0.717) is 22.5 Å². The molecule has 3 aromatic heterocycles. The number of fused-ring (bicyclic) bond motifs is 11. The van der Waals surface area contributed by atoms with Gasteiger partial charge >= 0.3 is 0 Å². The number of rotatable bonds is 5. The molecule has 0 saturated heterocycles. The number of nitrogens with zero attached hydrogens (tertiary/aromatic N) is 5. The van der Waals surface area contributed by atoms with Crippen LogP contribution in [-0.2, 0) is 0 Å². The minimum absolute atomic E-state index is 0.417. The molecule has 0 unspecified atom stereocenters. The van der Waals surface area contributed by atoms with Crippen LogP contribution in [0.15, 0.2) is 212 Å². The summed E-state index contributed by atoms with van der Waals surface area (Å²) in [6.07, 6.45) is 0. The lowest BCUT2D eigenvalue weighted by Crippen LogP contribution is -2.06. The second-order valence-electron chi connectivity index (χ2n) is 16.7. The van der Waals surface area contributed by atoms with E-state index < -0.39 is 0 Å². The third kappa shape index (κ3) is 5.37. The van der Waals surface area contributed by atoms with Crippen LogP contribution < -0.4 is 0 Å². The first-order valence-corrected chi connectivity index (χ1v) is 21.8. The summed E-state index contributed by atoms with van der Waals surface area (Å²) in [5.41, 5.74) is 13.6. The largest absolute Gasteiger partial charge is 0.309 e. The zero-order valence-electron chi connectivity index (χ0n) is 34.9. The van der Waals surface area contributed by atoms with E-state index in [2.05, 4.69) is 214 Å². The predicted octanol–water partition coefficient (Wildman–Crippen LogP) is 15.2. The molecule has 0 atom stereocenters. The zero-order chi connectivity index (χ0) is 43.2. The SMILES string of the molecule is N#Cc1ccc(-n2c3ccc(-n4c5ccccc5c5ccccc54)cc3c3c4ccccc4ccc32)c(C#N)c1-n1c2ccc(-c3ccccc3)cc2c2cc(-c3ccccc3)ccc21. The molecule has 300 valence electrons. The molecule has 0 amide bonds. The molecule has 13 aromatic rings. The summed E-state index contributed by atoms with van der Waals surface area (Å²) in [7, 11) is 0. The van der Waals surface area contributed by atoms with Crippen molar-refractivity contribution in [1.82, 2.24) is 13.7 Å². The van der Waals surface area contributed by atoms with Gasteiger partial charge in [0.25, 0.3) is 0 Å². The van der Waals surface area contributed by atoms with Crippen molar-refractivity contribution in [3.8, 4) is 51.5 Å². The average molecular weight is 826 g/mol. The van der Waals surface area contributed by atoms with E-state index in [9.17, 15) is 10.5 Å². The Labute approximate surface area is 373 Å². The molecule has 0 N–H and O–H groups in total. The van der Waals surface area contributed by atoms with Crippen LogP contribution in [0.4, 0.5) is 0 Å². The molecular formula is C60H35N5. The fourth-order valence-electron chi connectivity index (χ4n) is 10.5. The van der Waals surface area contributed by atoms with Crippen LogP contribution >= 0.6 is 0 Å². The minimum atomic E-state index is 0.417. The number of nitriles is 2. The van der Waals surface area contributed by atoms with Gasteiger partial charge in [-0.05, 0) is 106 Å². The van der Waals surface area contributed by atoms with Crippen molar-refractivity contribution in [2.45, 2.75) is 0 Å². The van der Waals surface area contributed by atoms with Crippen molar-refractivity contribution in [1.29, 1.82) is 10.5 Å². The highest BCUT2D eigenvalue weighted by Crippen LogP contribution is 2.43. The number of para-hydroxylation sites is 2. The summed E-state index contributed by atoms with van der Waals surface area (Å²) in [6.45, 7) is 0. The van der Waals surface area contributed by atoms with Crippen LogP contribution in [0.5, 0.6) is 0 Å². The second-order valence-corrected chi connectivity index (χ2v) is 16.7. The Hall–Kier alpha value is -9.16. The fraction of sp³-hybridized carbons (Fsp3) is 0. The van der Waals surface area contributed by atoms with Crippen molar-refractivity contribution in [2.24, 2.45) is 0 Å². The summed E-state index contributed by atoms with van der Waals surface area (Å²) in [5.74, 6) is 0. The molecule has 0 aliphatic carbocycles. The smallest absolute Gasteiger partial charge is 0.104 e. The highest BCUT2D eigenvalue weighted by atomic mass is 15.0. The first kappa shape index (κ1) is 36.5. The van der Waals surface area contributed by atoms with Crippen LogP contribution in [0.2, 0.25) is 0 Å². The Balaban J connectivity index is 1.11. The number of benzene rings is 10. The van der Waals surface area contributed by atoms with Gasteiger partial charge in [0.05, 0.1) is 50.0 Å². The van der Waals surface area contributed by atoms with Crippen molar-refractivity contribution >= 4 is 76.2 Å². The Morgan fingerprint density at radius 3 is 1.46 bits per heavy atom. The van der Waals surface area contributed by atoms with Gasteiger partial charge in [0, 0.05) is 38.0 Å². The number of hydrogen-bond acceptors (Lipinski definition) is 2. The van der Waals surface area contributed by atoms with Crippen molar-refractivity contribution in [3.63, 3.8) is 0 Å². The molecule has 5 heteroatoms. The van der Waals surface area contributed by atoms with E-state index in [0.717, 1.165) is 93.4 Å². The van der Waals surface area contributed by atoms with Gasteiger partial charge in [-0.25, -0.2) is 0 Å². The van der Waals surface area contributed by atoms with Crippen molar-refractivity contribution in [2.75, 3.05) is 0 Å². The van der Waals surface area contributed by atoms with E-state index in [4.69, 9.17) is 0 Å². The Bertz CT molecular complexity index is 4040. The zero-order valence-corrected chi connectivity index (χ0v) is 34.9. The molecule has 0 saturated carbocycles. The lowest BCUT2D eigenvalue weighted by Gasteiger charge is -2.17. The lowest BCUT2D eigenvalue weighted by molar-refractivity contribution is 1.11. The summed E-state index contributed by atoms with van der Waals surface area (Å²) in [4.78, 5) is 0. The van der Waals surface area contributed by atoms with E-state index in [1.54, 1.807) is 0 Å². The Morgan fingerprint density at radius 1 is 0.323 bits per heavy atom. The molecule has 65 heavy (non-hydrogen) atoms. The van der Waals surface area contributed by atoms with E-state index >= 15 is 0 Å². The van der Waals surface area contributed by atoms with Gasteiger partial charge in [-0.3, -0.25) is 0 Å². The lowest BCUT2D eigenvalue weighted by atomic mass is 10.0. The molecule has 0 bridgehead atoms. The average Bonchev–Trinajstić information content (AvgIpc) is 4.01. The predicted molar refractivity (Wildman–Crippen MR) is 267 cm³/mol. The molecule has 3 heterocycles. The normalized spacial score (nSPS) is 11.7. The molecule has 5 nitrogen and oxygen atoms in total. The van der Waals surface area contributed by atoms with Gasteiger partial charge in [-0.15, -0.1) is 0 Å². The third-order valence-corrected chi connectivity index (χ3v) is 13.3. The number of aromatic nitrogens is 3. The van der Waals surface area contributed by atoms with Crippen LogP contribution in [-0.4, -0.2) is 13.7 Å². The molecule has 0 fully saturated rings. The maximum Gasteiger partial charge on any atom is 0.104 e. The Morgan fingerprint density at radius 2 is 0.846 bits per heavy atom. The van der Waals surface area contributed by atoms with Crippen molar-refractivity contribution in [3.05, 3.63) is 223 Å². The van der Waals surface area contributed by atoms with Gasteiger partial charge in [-0.1, -0.05) is 140 Å². The van der Waals surface area contributed by atoms with Crippen LogP contribution in [0.25, 0.3) is 116 Å². The van der Waals surface area contributed by atoms with Crippen LogP contribution in [0, 0.1) is 22.7 Å². The summed E-state index contributed by atoms with van der Waals surface area (Å²) >= 11 is 0. The molecular weight excluding hydrogens is 791 g/mol. The summed E-state index contributed by atoms with van der Waals surface area (Å²) < 4.78 is 6.72. The van der Waals surface area contributed by atoms with Crippen LogP contribution in [0.1, 0.15) is 11.1 Å². The summed E-state index contributed by atoms with van der Waals surface area (Å²) in [6, 6.07) is 79.6. The minimum Gasteiger partial charge on any atom is -0.309 e. The quantitative estimate of drug-likeness (QED) is 0.173. The molecule has 13 rings (SSSR count). The van der Waals surface area contributed by atoms with Gasteiger partial charge in [0.1, 0.15) is 17.7 Å². The molecule has 0 aliphatic heterocycles. The standard InChI is InChI=1S/C60H35N5/c61-36-43-26-30-57(51(37-62)60(43)65-54-28-24-41(38-13-3-1-4-14-38)33-48(54)49-34-42(25-29-55(49)65)39-15-5-2-6-16-39)64-56-32-27-44(35-50(56)59-45-18-8-7-17-40(45)23-31-58(59)64)63-52-21-11-9-19-46(52)47-20-10-12-22-53(47)63/h1-35H. The van der Waals surface area contributed by atoms with E-state index in [1.165, 1.54) is 10.8 Å². The number of hydrogen-bond donors (Lipinski definition) is 0. The van der Waals surface area contributed by atoms with Gasteiger partial charge in [0.15, 0.2) is 0 Å². The monoisotopic (exact) mass is 825 g/mol. The maximum absolute atomic E-state index is 11.5. The highest BCUT2D eigenvalue weighted by Gasteiger charge is 2.25. The third-order valence-electron chi connectivity index (χ3n) is 13.3. The molecule has 0 spiro atoms. The maximum atomic E-state index is 11.5. The topological polar surface area (TPSA) is 62.4 Å². The summed E-state index contributed by atoms with van der Waals surface area (Å²) in [5, 5.41) is 31.4. The van der Waals surface area contributed by atoms with Gasteiger partial charge < -0.3 is 13.7 Å². The van der Waals surface area contributed by atoms with Gasteiger partial charge in [-0.2, -0.15) is 10.5 Å². The van der Waals surface area contributed by atoms with E-state index in [-0.39, 0.29) is 0 Å². The molecule has 0 aliphatic rings. The molecule has 0 radical (unpaired) electrons. The van der Waals surface area contributed by atoms with Crippen molar-refractivity contribution < 1.29 is 0 Å². The first-order chi connectivity index (χ1) is 32.2. The Kier molecular flexibility index (Phi) is 7.97. The van der Waals surface area contributed by atoms with Crippen LogP contribution in [0.3, 0.4) is 0 Å². The van der Waals surface area contributed by atoms with E-state index in [1.807, 2.05) is 24.3 Å². The fourth-order valence-corrected chi connectivity index (χ4v) is 10.5. The highest BCUT2D eigenvalue weighted by molar-refractivity contribution is 6.22. The van der Waals surface area contributed by atoms with Gasteiger partial charge in [0.2, 0.25) is 0 Å². The molecule has 10 aromatic carbocycles. The first-order valence-electron chi connectivity index (χ1n) is 21.8. The second kappa shape index (κ2) is 14.2.